The van der Waals surface area contributed by atoms with Gasteiger partial charge < -0.3 is 0 Å². The molecule has 2 amide bonds. The van der Waals surface area contributed by atoms with Crippen LogP contribution in [0.25, 0.3) is 9.41 Å². The van der Waals surface area contributed by atoms with E-state index in [4.69, 9.17) is 0 Å². The number of hydrogen-bond donors (Lipinski definition) is 1. The zero-order valence-corrected chi connectivity index (χ0v) is 17.4. The molecule has 5 heteroatoms. The van der Waals surface area contributed by atoms with Crippen LogP contribution in [0.5, 0.6) is 0 Å². The van der Waals surface area contributed by atoms with Crippen molar-refractivity contribution in [2.75, 3.05) is 0 Å². The first-order chi connectivity index (χ1) is 11.1. The van der Waals surface area contributed by atoms with Crippen molar-refractivity contribution in [1.29, 1.82) is 0 Å². The zero-order valence-electron chi connectivity index (χ0n) is 13.3. The van der Waals surface area contributed by atoms with Crippen LogP contribution in [0.1, 0.15) is 44.2 Å². The predicted molar refractivity (Wildman–Crippen MR) is 96.5 cm³/mol. The molecule has 0 aromatic heterocycles. The number of nitrogens with one attached hydrogen (secondary N) is 1. The number of allylic oxidation sites excluding steroid dienone is 1. The van der Waals surface area contributed by atoms with Crippen LogP contribution >= 0.6 is 11.8 Å². The number of rotatable bonds is 4. The van der Waals surface area contributed by atoms with Crippen molar-refractivity contribution in [1.82, 2.24) is 5.32 Å². The molecule has 3 heterocycles. The van der Waals surface area contributed by atoms with Gasteiger partial charge in [0.2, 0.25) is 0 Å². The van der Waals surface area contributed by atoms with E-state index in [1.54, 1.807) is 3.33 Å². The Morgan fingerprint density at radius 3 is 2.61 bits per heavy atom. The van der Waals surface area contributed by atoms with Crippen LogP contribution in [0.2, 0.25) is 0 Å². The number of carbonyl (C=O) groups excluding carboxylic acids is 2. The van der Waals surface area contributed by atoms with E-state index in [1.807, 2.05) is 0 Å². The van der Waals surface area contributed by atoms with Crippen molar-refractivity contribution < 1.29 is 9.59 Å². The first-order valence-corrected chi connectivity index (χ1v) is 14.0. The van der Waals surface area contributed by atoms with Gasteiger partial charge in [-0.25, -0.2) is 0 Å². The van der Waals surface area contributed by atoms with Crippen molar-refractivity contribution in [3.05, 3.63) is 37.6 Å². The Hall–Kier alpha value is -0.940. The second-order valence-corrected chi connectivity index (χ2v) is 15.4. The van der Waals surface area contributed by atoms with Crippen LogP contribution in [-0.2, 0) is 4.79 Å². The van der Waals surface area contributed by atoms with Crippen molar-refractivity contribution in [2.24, 2.45) is 5.92 Å². The molecule has 116 valence electrons. The van der Waals surface area contributed by atoms with E-state index < -0.39 is 21.4 Å². The fraction of sp³-hybridized carbons (Fsp3) is 0.333. The van der Waals surface area contributed by atoms with Gasteiger partial charge in [0.25, 0.3) is 0 Å². The summed E-state index contributed by atoms with van der Waals surface area (Å²) in [5.74, 6) is 0.545. The molecule has 3 aliphatic rings. The minimum absolute atomic E-state index is 0.186. The van der Waals surface area contributed by atoms with Gasteiger partial charge in [-0.2, -0.15) is 0 Å². The van der Waals surface area contributed by atoms with Crippen LogP contribution in [0, 0.1) is 5.92 Å². The Labute approximate surface area is 148 Å². The molecule has 0 aliphatic carbocycles. The first-order valence-electron chi connectivity index (χ1n) is 8.25. The van der Waals surface area contributed by atoms with Gasteiger partial charge in [-0.15, -0.1) is 0 Å². The molecule has 0 spiro atoms. The second kappa shape index (κ2) is 5.85. The number of benzene rings is 1. The molecule has 1 aromatic rings. The molecule has 1 saturated heterocycles. The second-order valence-electron chi connectivity index (χ2n) is 6.43. The normalized spacial score (nSPS) is 21.5. The van der Waals surface area contributed by atoms with Crippen molar-refractivity contribution in [2.45, 2.75) is 33.1 Å². The molecule has 3 nitrogen and oxygen atoms in total. The van der Waals surface area contributed by atoms with E-state index in [-0.39, 0.29) is 11.1 Å². The topological polar surface area (TPSA) is 46.2 Å². The summed E-state index contributed by atoms with van der Waals surface area (Å²) < 4.78 is 4.39. The molecule has 0 atom stereocenters. The Morgan fingerprint density at radius 2 is 2.00 bits per heavy atom. The number of hydrogen-bond acceptors (Lipinski definition) is 3. The Morgan fingerprint density at radius 1 is 1.22 bits per heavy atom. The Bertz CT molecular complexity index is 792. The van der Waals surface area contributed by atoms with Gasteiger partial charge in [0.15, 0.2) is 0 Å². The maximum absolute atomic E-state index is 12.2. The number of imide groups is 1. The number of carbonyl (C=O) groups is 2. The van der Waals surface area contributed by atoms with E-state index in [2.05, 4.69) is 43.4 Å². The predicted octanol–water partition coefficient (Wildman–Crippen LogP) is 3.40. The summed E-state index contributed by atoms with van der Waals surface area (Å²) in [5.41, 5.74) is 2.58. The zero-order chi connectivity index (χ0) is 16.1. The monoisotopic (exact) mass is 427 g/mol. The van der Waals surface area contributed by atoms with Gasteiger partial charge >= 0.3 is 149 Å². The molecular weight excluding hydrogens is 409 g/mol. The van der Waals surface area contributed by atoms with E-state index in [0.717, 1.165) is 17.7 Å². The summed E-state index contributed by atoms with van der Waals surface area (Å²) in [4.78, 5) is 24.5. The average molecular weight is 427 g/mol. The molecule has 4 rings (SSSR count). The van der Waals surface area contributed by atoms with Gasteiger partial charge in [-0.1, -0.05) is 0 Å². The maximum atomic E-state index is 12.2. The standard InChI is InChI=1S/C18H18NO2S.In/c1-3-13(4-2)8-7-11-14-9-5-6-10-15(14)12-16-17(20)19-18(21)22-16;/h5-6,10-11,13H,3-4,8H2,1-2H3,(H,19,20,21);. The average Bonchev–Trinajstić information content (AvgIpc) is 3.11. The Balaban J connectivity index is 1.80. The molecule has 1 N–H and O–H groups in total. The number of amides is 2. The van der Waals surface area contributed by atoms with Crippen LogP contribution in [0.3, 0.4) is 0 Å². The summed E-state index contributed by atoms with van der Waals surface area (Å²) in [6, 6.07) is 6.49. The third-order valence-electron chi connectivity index (χ3n) is 5.27. The molecule has 1 aromatic carbocycles. The summed E-state index contributed by atoms with van der Waals surface area (Å²) in [6.45, 7) is 4.52. The van der Waals surface area contributed by atoms with Crippen LogP contribution in [0.15, 0.2) is 26.4 Å². The summed E-state index contributed by atoms with van der Waals surface area (Å²) >= 11 is -1.25. The van der Waals surface area contributed by atoms with E-state index in [9.17, 15) is 9.59 Å². The van der Waals surface area contributed by atoms with Gasteiger partial charge in [-0.3, -0.25) is 0 Å². The number of thioether (sulfide) groups is 1. The third-order valence-corrected chi connectivity index (χ3v) is 16.6. The molecule has 4 bridgehead atoms. The van der Waals surface area contributed by atoms with Crippen molar-refractivity contribution in [3.8, 4) is 0 Å². The molecular formula is C18H18InNO2S. The van der Waals surface area contributed by atoms with Crippen LogP contribution in [-0.4, -0.2) is 32.6 Å². The molecule has 3 aliphatic heterocycles. The molecule has 1 fully saturated rings. The summed E-state index contributed by atoms with van der Waals surface area (Å²) in [6.07, 6.45) is 5.98. The molecule has 23 heavy (non-hydrogen) atoms. The van der Waals surface area contributed by atoms with Gasteiger partial charge in [0.1, 0.15) is 0 Å². The van der Waals surface area contributed by atoms with E-state index in [0.29, 0.717) is 4.91 Å². The summed E-state index contributed by atoms with van der Waals surface area (Å²) in [5, 5.41) is 2.21. The molecule has 0 unspecified atom stereocenters. The fourth-order valence-electron chi connectivity index (χ4n) is 4.03. The van der Waals surface area contributed by atoms with Crippen molar-refractivity contribution >= 4 is 57.1 Å². The van der Waals surface area contributed by atoms with Gasteiger partial charge in [-0.05, 0) is 0 Å². The van der Waals surface area contributed by atoms with Crippen LogP contribution in [0.4, 0.5) is 4.79 Å². The first kappa shape index (κ1) is 15.6. The Kier molecular flexibility index (Phi) is 3.96. The fourth-order valence-corrected chi connectivity index (χ4v) is 16.8. The van der Waals surface area contributed by atoms with Crippen LogP contribution < -0.4 is 8.64 Å². The SMILES string of the molecule is CCC(CC)C[C]1=Cc2c3ccc[c]2[In]1/[C]3=C1\SC(=O)NC1=O. The summed E-state index contributed by atoms with van der Waals surface area (Å²) in [7, 11) is 0. The van der Waals surface area contributed by atoms with E-state index in [1.165, 1.54) is 37.0 Å². The van der Waals surface area contributed by atoms with Gasteiger partial charge in [0, 0.05) is 0 Å². The van der Waals surface area contributed by atoms with E-state index >= 15 is 0 Å². The molecule has 0 saturated carbocycles. The minimum atomic E-state index is -2.35. The van der Waals surface area contributed by atoms with Crippen molar-refractivity contribution in [3.63, 3.8) is 0 Å². The van der Waals surface area contributed by atoms with Gasteiger partial charge in [0.05, 0.1) is 0 Å². The quantitative estimate of drug-likeness (QED) is 0.750. The third kappa shape index (κ3) is 2.35. The molecule has 0 radical (unpaired) electrons.